The summed E-state index contributed by atoms with van der Waals surface area (Å²) in [6.07, 6.45) is 0. The van der Waals surface area contributed by atoms with E-state index in [9.17, 15) is 5.26 Å². The van der Waals surface area contributed by atoms with Crippen LogP contribution in [-0.4, -0.2) is 0 Å². The van der Waals surface area contributed by atoms with Gasteiger partial charge in [-0.05, 0) is 34.7 Å². The third-order valence-corrected chi connectivity index (χ3v) is 5.08. The van der Waals surface area contributed by atoms with Crippen molar-refractivity contribution in [2.75, 3.05) is 0 Å². The summed E-state index contributed by atoms with van der Waals surface area (Å²) in [5.41, 5.74) is 4.78. The van der Waals surface area contributed by atoms with Crippen LogP contribution in [0.1, 0.15) is 42.0 Å². The Morgan fingerprint density at radius 2 is 1.85 bits per heavy atom. The Labute approximate surface area is 124 Å². The molecule has 1 aliphatic rings. The summed E-state index contributed by atoms with van der Waals surface area (Å²) < 4.78 is 0. The van der Waals surface area contributed by atoms with Crippen LogP contribution < -0.4 is 0 Å². The molecule has 100 valence electrons. The average molecular weight is 279 g/mol. The van der Waals surface area contributed by atoms with Gasteiger partial charge in [0.1, 0.15) is 0 Å². The first kappa shape index (κ1) is 13.3. The smallest absolute Gasteiger partial charge is 0.0994 e. The van der Waals surface area contributed by atoms with Crippen molar-refractivity contribution >= 4 is 11.8 Å². The highest BCUT2D eigenvalue weighted by molar-refractivity contribution is 7.98. The highest BCUT2D eigenvalue weighted by Crippen LogP contribution is 2.44. The number of nitriles is 1. The molecule has 0 fully saturated rings. The molecule has 0 bridgehead atoms. The maximum Gasteiger partial charge on any atom is 0.0994 e. The number of fused-ring (bicyclic) bond motifs is 2. The minimum atomic E-state index is 0.379. The molecular weight excluding hydrogens is 262 g/mol. The quantitative estimate of drug-likeness (QED) is 0.737. The van der Waals surface area contributed by atoms with Gasteiger partial charge in [-0.3, -0.25) is 0 Å². The van der Waals surface area contributed by atoms with E-state index in [1.54, 1.807) is 0 Å². The predicted molar refractivity (Wildman–Crippen MR) is 83.8 cm³/mol. The van der Waals surface area contributed by atoms with E-state index in [2.05, 4.69) is 50.2 Å². The Morgan fingerprint density at radius 3 is 2.60 bits per heavy atom. The fourth-order valence-electron chi connectivity index (χ4n) is 3.07. The Kier molecular flexibility index (Phi) is 3.54. The number of thioether (sulfide) groups is 1. The molecule has 0 amide bonds. The van der Waals surface area contributed by atoms with E-state index in [1.807, 2.05) is 23.9 Å². The van der Waals surface area contributed by atoms with E-state index in [1.165, 1.54) is 21.6 Å². The van der Waals surface area contributed by atoms with Crippen LogP contribution in [0, 0.1) is 17.2 Å². The Bertz CT molecular complexity index is 682. The van der Waals surface area contributed by atoms with Crippen molar-refractivity contribution < 1.29 is 0 Å². The monoisotopic (exact) mass is 279 g/mol. The van der Waals surface area contributed by atoms with Gasteiger partial charge >= 0.3 is 0 Å². The molecule has 1 unspecified atom stereocenters. The van der Waals surface area contributed by atoms with Crippen molar-refractivity contribution in [2.24, 2.45) is 5.92 Å². The lowest BCUT2D eigenvalue weighted by Gasteiger charge is -2.24. The number of hydrogen-bond acceptors (Lipinski definition) is 2. The molecule has 1 heterocycles. The highest BCUT2D eigenvalue weighted by atomic mass is 32.2. The lowest BCUT2D eigenvalue weighted by molar-refractivity contribution is 0.556. The summed E-state index contributed by atoms with van der Waals surface area (Å²) >= 11 is 1.85. The zero-order valence-electron chi connectivity index (χ0n) is 11.8. The summed E-state index contributed by atoms with van der Waals surface area (Å²) in [5.74, 6) is 1.78. The van der Waals surface area contributed by atoms with Crippen LogP contribution in [0.4, 0.5) is 0 Å². The van der Waals surface area contributed by atoms with Gasteiger partial charge in [-0.15, -0.1) is 11.8 Å². The molecule has 1 atom stereocenters. The zero-order chi connectivity index (χ0) is 14.1. The van der Waals surface area contributed by atoms with E-state index >= 15 is 0 Å². The zero-order valence-corrected chi connectivity index (χ0v) is 12.6. The largest absolute Gasteiger partial charge is 0.192 e. The lowest BCUT2D eigenvalue weighted by Crippen LogP contribution is -2.10. The predicted octanol–water partition coefficient (Wildman–Crippen LogP) is 4.95. The Hall–Kier alpha value is -1.72. The van der Waals surface area contributed by atoms with Crippen molar-refractivity contribution in [3.63, 3.8) is 0 Å². The number of rotatable bonds is 1. The van der Waals surface area contributed by atoms with Crippen LogP contribution in [0.25, 0.3) is 0 Å². The van der Waals surface area contributed by atoms with Gasteiger partial charge in [-0.2, -0.15) is 5.26 Å². The van der Waals surface area contributed by atoms with Crippen molar-refractivity contribution in [2.45, 2.75) is 30.4 Å². The fraction of sp³-hybridized carbons (Fsp3) is 0.278. The molecule has 2 aromatic rings. The summed E-state index contributed by atoms with van der Waals surface area (Å²) in [7, 11) is 0. The molecule has 1 nitrogen and oxygen atoms in total. The molecule has 0 aliphatic carbocycles. The third kappa shape index (κ3) is 2.13. The van der Waals surface area contributed by atoms with Crippen molar-refractivity contribution in [1.82, 2.24) is 0 Å². The lowest BCUT2D eigenvalue weighted by atomic mass is 9.80. The van der Waals surface area contributed by atoms with E-state index in [-0.39, 0.29) is 0 Å². The molecule has 1 aliphatic heterocycles. The summed E-state index contributed by atoms with van der Waals surface area (Å²) in [6.45, 7) is 4.53. The van der Waals surface area contributed by atoms with Gasteiger partial charge in [0.2, 0.25) is 0 Å². The van der Waals surface area contributed by atoms with Crippen LogP contribution >= 0.6 is 11.8 Å². The molecule has 0 radical (unpaired) electrons. The maximum atomic E-state index is 9.37. The Morgan fingerprint density at radius 1 is 1.10 bits per heavy atom. The summed E-state index contributed by atoms with van der Waals surface area (Å²) in [4.78, 5) is 1.35. The third-order valence-electron chi connectivity index (χ3n) is 3.96. The standard InChI is InChI=1S/C18H17NS/c1-12(2)18-14-8-5-6-13(10-19)16(14)11-20-17-9-4-3-7-15(17)18/h3-9,12,18H,11H2,1-2H3. The van der Waals surface area contributed by atoms with Gasteiger partial charge in [-0.25, -0.2) is 0 Å². The molecule has 20 heavy (non-hydrogen) atoms. The average Bonchev–Trinajstić information content (AvgIpc) is 2.63. The highest BCUT2D eigenvalue weighted by Gasteiger charge is 2.27. The molecular formula is C18H17NS. The maximum absolute atomic E-state index is 9.37. The van der Waals surface area contributed by atoms with Crippen LogP contribution in [-0.2, 0) is 5.75 Å². The van der Waals surface area contributed by atoms with Crippen LogP contribution in [0.15, 0.2) is 47.4 Å². The van der Waals surface area contributed by atoms with E-state index in [0.717, 1.165) is 11.3 Å². The van der Waals surface area contributed by atoms with Gasteiger partial charge < -0.3 is 0 Å². The topological polar surface area (TPSA) is 23.8 Å². The Balaban J connectivity index is 2.26. The minimum Gasteiger partial charge on any atom is -0.192 e. The molecule has 2 aromatic carbocycles. The van der Waals surface area contributed by atoms with Crippen molar-refractivity contribution in [1.29, 1.82) is 5.26 Å². The van der Waals surface area contributed by atoms with Gasteiger partial charge in [0.25, 0.3) is 0 Å². The molecule has 0 N–H and O–H groups in total. The first-order valence-electron chi connectivity index (χ1n) is 6.96. The van der Waals surface area contributed by atoms with Crippen molar-refractivity contribution in [3.8, 4) is 6.07 Å². The molecule has 3 rings (SSSR count). The molecule has 0 aromatic heterocycles. The van der Waals surface area contributed by atoms with Gasteiger partial charge in [0, 0.05) is 16.6 Å². The summed E-state index contributed by atoms with van der Waals surface area (Å²) in [5, 5.41) is 9.37. The minimum absolute atomic E-state index is 0.379. The molecule has 2 heteroatoms. The number of nitrogens with zero attached hydrogens (tertiary/aromatic N) is 1. The van der Waals surface area contributed by atoms with E-state index in [4.69, 9.17) is 0 Å². The van der Waals surface area contributed by atoms with Gasteiger partial charge in [0.05, 0.1) is 11.6 Å². The molecule has 0 saturated carbocycles. The molecule has 0 spiro atoms. The van der Waals surface area contributed by atoms with E-state index in [0.29, 0.717) is 11.8 Å². The van der Waals surface area contributed by atoms with Gasteiger partial charge in [-0.1, -0.05) is 44.2 Å². The van der Waals surface area contributed by atoms with Crippen molar-refractivity contribution in [3.05, 3.63) is 64.7 Å². The van der Waals surface area contributed by atoms with E-state index < -0.39 is 0 Å². The number of benzene rings is 2. The second kappa shape index (κ2) is 5.34. The SMILES string of the molecule is CC(C)C1c2ccccc2SCc2c(C#N)cccc21. The summed E-state index contributed by atoms with van der Waals surface area (Å²) in [6, 6.07) is 17.2. The van der Waals surface area contributed by atoms with Crippen LogP contribution in [0.2, 0.25) is 0 Å². The van der Waals surface area contributed by atoms with Gasteiger partial charge in [0.15, 0.2) is 0 Å². The fourth-order valence-corrected chi connectivity index (χ4v) is 4.22. The molecule has 0 saturated heterocycles. The second-order valence-electron chi connectivity index (χ2n) is 5.53. The van der Waals surface area contributed by atoms with Crippen LogP contribution in [0.5, 0.6) is 0 Å². The first-order chi connectivity index (χ1) is 9.72. The first-order valence-corrected chi connectivity index (χ1v) is 7.94. The number of hydrogen-bond donors (Lipinski definition) is 0. The van der Waals surface area contributed by atoms with Crippen LogP contribution in [0.3, 0.4) is 0 Å². The normalized spacial score (nSPS) is 17.0. The second-order valence-corrected chi connectivity index (χ2v) is 6.55.